The molecule has 128 valence electrons. The first-order chi connectivity index (χ1) is 13.6. The van der Waals surface area contributed by atoms with Crippen LogP contribution in [0.5, 0.6) is 0 Å². The molecule has 0 N–H and O–H groups in total. The Morgan fingerprint density at radius 1 is 1.21 bits per heavy atom. The summed E-state index contributed by atoms with van der Waals surface area (Å²) in [6.07, 6.45) is 1.96. The van der Waals surface area contributed by atoms with Crippen LogP contribution >= 0.6 is 11.6 Å². The molecular weight excluding hydrogens is 318 g/mol. The molecule has 0 radical (unpaired) electrons. The molecule has 0 aromatic heterocycles. The summed E-state index contributed by atoms with van der Waals surface area (Å²) in [6.45, 7) is -3.90. The quantitative estimate of drug-likeness (QED) is 0.719. The zero-order valence-electron chi connectivity index (χ0n) is 18.8. The zero-order chi connectivity index (χ0) is 21.3. The summed E-state index contributed by atoms with van der Waals surface area (Å²) < 4.78 is 48.3. The zero-order valence-corrected chi connectivity index (χ0v) is 14.6. The van der Waals surface area contributed by atoms with Crippen LogP contribution < -0.4 is 0 Å². The fraction of sp³-hybridized carbons (Fsp3) is 0.429. The molecule has 0 amide bonds. The molecule has 1 saturated heterocycles. The number of hydrogen-bond donors (Lipinski definition) is 0. The Morgan fingerprint density at radius 2 is 1.92 bits per heavy atom. The van der Waals surface area contributed by atoms with Crippen LogP contribution in [0.4, 0.5) is 0 Å². The highest BCUT2D eigenvalue weighted by atomic mass is 35.5. The Kier molecular flexibility index (Phi) is 3.87. The van der Waals surface area contributed by atoms with Gasteiger partial charge in [-0.05, 0) is 63.0 Å². The lowest BCUT2D eigenvalue weighted by Gasteiger charge is -2.32. The maximum Gasteiger partial charge on any atom is 0.115 e. The van der Waals surface area contributed by atoms with Crippen LogP contribution in [-0.4, -0.2) is 31.1 Å². The average Bonchev–Trinajstić information content (AvgIpc) is 3.04. The standard InChI is InChI=1S/C21H26ClNO/c1-21(17-7-4-3-5-8-17,18-10-12-19(22)13-11-18)24-16-14-20-9-6-15-23(20)2/h3-5,7-8,10-13,20H,6,9,14-16H2,1-2H3/t20-,21+/m1/s1/i1D3,16D2. The largest absolute Gasteiger partial charge is 0.366 e. The number of benzene rings is 2. The Labute approximate surface area is 157 Å². The van der Waals surface area contributed by atoms with E-state index in [0.29, 0.717) is 16.1 Å². The van der Waals surface area contributed by atoms with Crippen molar-refractivity contribution >= 4 is 11.6 Å². The number of likely N-dealkylation sites (tertiary alicyclic amines) is 1. The molecule has 2 atom stereocenters. The van der Waals surface area contributed by atoms with E-state index in [9.17, 15) is 0 Å². The summed E-state index contributed by atoms with van der Waals surface area (Å²) >= 11 is 6.02. The van der Waals surface area contributed by atoms with Crippen molar-refractivity contribution in [1.29, 1.82) is 0 Å². The Hall–Kier alpha value is -1.35. The Morgan fingerprint density at radius 3 is 2.54 bits per heavy atom. The van der Waals surface area contributed by atoms with Gasteiger partial charge in [0.1, 0.15) is 5.60 Å². The van der Waals surface area contributed by atoms with E-state index in [2.05, 4.69) is 4.90 Å². The summed E-state index contributed by atoms with van der Waals surface area (Å²) in [5.74, 6) is 0. The topological polar surface area (TPSA) is 12.5 Å². The highest BCUT2D eigenvalue weighted by molar-refractivity contribution is 6.30. The van der Waals surface area contributed by atoms with Gasteiger partial charge in [0.2, 0.25) is 0 Å². The maximum absolute atomic E-state index is 8.60. The van der Waals surface area contributed by atoms with Gasteiger partial charge in [0.05, 0.1) is 2.74 Å². The van der Waals surface area contributed by atoms with Gasteiger partial charge in [-0.1, -0.05) is 54.1 Å². The first-order valence-electron chi connectivity index (χ1n) is 10.8. The molecule has 24 heavy (non-hydrogen) atoms. The summed E-state index contributed by atoms with van der Waals surface area (Å²) in [4.78, 5) is 2.10. The molecule has 2 nitrogen and oxygen atoms in total. The van der Waals surface area contributed by atoms with Crippen molar-refractivity contribution in [3.8, 4) is 0 Å². The Balaban J connectivity index is 2.10. The van der Waals surface area contributed by atoms with Crippen LogP contribution in [0.2, 0.25) is 5.02 Å². The normalized spacial score (nSPS) is 25.1. The number of nitrogens with zero attached hydrogens (tertiary/aromatic N) is 1. The van der Waals surface area contributed by atoms with Crippen molar-refractivity contribution in [2.24, 2.45) is 0 Å². The van der Waals surface area contributed by atoms with Gasteiger partial charge < -0.3 is 9.64 Å². The molecule has 0 saturated carbocycles. The van der Waals surface area contributed by atoms with E-state index in [1.165, 1.54) is 0 Å². The molecule has 3 heteroatoms. The summed E-state index contributed by atoms with van der Waals surface area (Å²) in [7, 11) is 1.96. The van der Waals surface area contributed by atoms with E-state index in [0.717, 1.165) is 19.4 Å². The van der Waals surface area contributed by atoms with Crippen LogP contribution in [0, 0.1) is 0 Å². The molecule has 1 aliphatic heterocycles. The van der Waals surface area contributed by atoms with Gasteiger partial charge in [-0.25, -0.2) is 0 Å². The van der Waals surface area contributed by atoms with Crippen molar-refractivity contribution < 1.29 is 11.6 Å². The fourth-order valence-electron chi connectivity index (χ4n) is 3.13. The summed E-state index contributed by atoms with van der Waals surface area (Å²) in [5.41, 5.74) is -1.23. The summed E-state index contributed by atoms with van der Waals surface area (Å²) in [5, 5.41) is 0.469. The van der Waals surface area contributed by atoms with Crippen LogP contribution in [0.15, 0.2) is 54.6 Å². The predicted molar refractivity (Wildman–Crippen MR) is 101 cm³/mol. The highest BCUT2D eigenvalue weighted by Gasteiger charge is 2.30. The third kappa shape index (κ3) is 3.83. The molecule has 0 spiro atoms. The second kappa shape index (κ2) is 7.69. The highest BCUT2D eigenvalue weighted by Crippen LogP contribution is 2.34. The molecule has 1 fully saturated rings. The smallest absolute Gasteiger partial charge is 0.115 e. The lowest BCUT2D eigenvalue weighted by atomic mass is 9.88. The molecule has 0 aliphatic carbocycles. The first kappa shape index (κ1) is 12.1. The van der Waals surface area contributed by atoms with E-state index < -0.39 is 19.0 Å². The number of ether oxygens (including phenoxy) is 1. The molecule has 3 rings (SSSR count). The minimum absolute atomic E-state index is 0.0142. The first-order valence-corrected chi connectivity index (χ1v) is 8.65. The number of hydrogen-bond acceptors (Lipinski definition) is 2. The molecular formula is C21H26ClNO. The van der Waals surface area contributed by atoms with Gasteiger partial charge in [0.25, 0.3) is 0 Å². The van der Waals surface area contributed by atoms with Crippen LogP contribution in [0.1, 0.15) is 44.1 Å². The third-order valence-corrected chi connectivity index (χ3v) is 4.90. The van der Waals surface area contributed by atoms with Crippen LogP contribution in [-0.2, 0) is 10.3 Å². The predicted octanol–water partition coefficient (Wildman–Crippen LogP) is 5.10. The summed E-state index contributed by atoms with van der Waals surface area (Å²) in [6, 6.07) is 15.0. The van der Waals surface area contributed by atoms with Crippen molar-refractivity contribution in [2.45, 2.75) is 37.8 Å². The lowest BCUT2D eigenvalue weighted by Crippen LogP contribution is -2.31. The van der Waals surface area contributed by atoms with Gasteiger partial charge in [-0.3, -0.25) is 0 Å². The molecule has 2 aromatic carbocycles. The van der Waals surface area contributed by atoms with E-state index in [-0.39, 0.29) is 12.5 Å². The van der Waals surface area contributed by atoms with E-state index in [1.807, 2.05) is 7.05 Å². The number of rotatable bonds is 6. The SMILES string of the molecule is [2H]C([2H])(C[C@H]1CCCN1C)O[C@@](c1ccccc1)(c1ccc(Cl)cc1)C([2H])([2H])[2H]. The van der Waals surface area contributed by atoms with Gasteiger partial charge in [-0.15, -0.1) is 0 Å². The van der Waals surface area contributed by atoms with E-state index in [1.54, 1.807) is 54.6 Å². The second-order valence-electron chi connectivity index (χ2n) is 6.28. The maximum atomic E-state index is 8.60. The number of halogens is 1. The minimum Gasteiger partial charge on any atom is -0.366 e. The third-order valence-electron chi connectivity index (χ3n) is 4.65. The van der Waals surface area contributed by atoms with Gasteiger partial charge in [0.15, 0.2) is 0 Å². The monoisotopic (exact) mass is 348 g/mol. The van der Waals surface area contributed by atoms with Crippen LogP contribution in [0.3, 0.4) is 0 Å². The van der Waals surface area contributed by atoms with Crippen molar-refractivity contribution in [3.63, 3.8) is 0 Å². The van der Waals surface area contributed by atoms with E-state index in [4.69, 9.17) is 23.2 Å². The Bertz CT molecular complexity index is 812. The fourth-order valence-corrected chi connectivity index (χ4v) is 3.25. The van der Waals surface area contributed by atoms with Crippen molar-refractivity contribution in [3.05, 3.63) is 70.7 Å². The second-order valence-corrected chi connectivity index (χ2v) is 6.72. The lowest BCUT2D eigenvalue weighted by molar-refractivity contribution is -0.0117. The van der Waals surface area contributed by atoms with Crippen molar-refractivity contribution in [1.82, 2.24) is 4.90 Å². The molecule has 1 aliphatic rings. The minimum atomic E-state index is -2.66. The van der Waals surface area contributed by atoms with Crippen LogP contribution in [0.25, 0.3) is 0 Å². The molecule has 1 heterocycles. The van der Waals surface area contributed by atoms with Crippen molar-refractivity contribution in [2.75, 3.05) is 20.2 Å². The van der Waals surface area contributed by atoms with Gasteiger partial charge in [0, 0.05) is 21.7 Å². The molecule has 2 aromatic rings. The van der Waals surface area contributed by atoms with E-state index >= 15 is 0 Å². The molecule has 0 unspecified atom stereocenters. The molecule has 0 bridgehead atoms. The van der Waals surface area contributed by atoms with Gasteiger partial charge >= 0.3 is 0 Å². The van der Waals surface area contributed by atoms with Gasteiger partial charge in [-0.2, -0.15) is 0 Å². The average molecular weight is 349 g/mol.